The highest BCUT2D eigenvalue weighted by molar-refractivity contribution is 5.97. The van der Waals surface area contributed by atoms with Gasteiger partial charge in [-0.25, -0.2) is 4.98 Å². The number of carbonyl (C=O) groups excluding carboxylic acids is 1. The van der Waals surface area contributed by atoms with Crippen molar-refractivity contribution in [2.24, 2.45) is 0 Å². The third-order valence-electron chi connectivity index (χ3n) is 7.11. The van der Waals surface area contributed by atoms with Crippen LogP contribution in [0.1, 0.15) is 22.4 Å². The third kappa shape index (κ3) is 3.95. The number of anilines is 2. The highest BCUT2D eigenvalue weighted by atomic mass is 16.5. The van der Waals surface area contributed by atoms with Crippen molar-refractivity contribution >= 4 is 28.1 Å². The Morgan fingerprint density at radius 3 is 2.54 bits per heavy atom. The van der Waals surface area contributed by atoms with Crippen molar-refractivity contribution in [2.75, 3.05) is 49.6 Å². The van der Waals surface area contributed by atoms with E-state index in [2.05, 4.69) is 65.8 Å². The number of fused-ring (bicyclic) bond motifs is 2. The lowest BCUT2D eigenvalue weighted by Crippen LogP contribution is -2.49. The van der Waals surface area contributed by atoms with Gasteiger partial charge in [0.2, 0.25) is 11.8 Å². The molecule has 1 aromatic heterocycles. The number of ether oxygens (including phenoxy) is 1. The van der Waals surface area contributed by atoms with Gasteiger partial charge in [-0.15, -0.1) is 0 Å². The number of aryl methyl sites for hydroxylation is 1. The number of methoxy groups -OCH3 is 1. The van der Waals surface area contributed by atoms with Gasteiger partial charge in [-0.1, -0.05) is 36.9 Å². The lowest BCUT2D eigenvalue weighted by atomic mass is 9.96. The van der Waals surface area contributed by atoms with Gasteiger partial charge in [-0.05, 0) is 36.4 Å². The molecule has 0 atom stereocenters. The maximum atomic E-state index is 12.1. The van der Waals surface area contributed by atoms with Gasteiger partial charge < -0.3 is 19.4 Å². The van der Waals surface area contributed by atoms with Gasteiger partial charge in [0.15, 0.2) is 0 Å². The van der Waals surface area contributed by atoms with Gasteiger partial charge in [-0.2, -0.15) is 5.26 Å². The lowest BCUT2D eigenvalue weighted by Gasteiger charge is -2.39. The molecule has 2 aliphatic rings. The maximum absolute atomic E-state index is 12.1. The van der Waals surface area contributed by atoms with E-state index >= 15 is 0 Å². The van der Waals surface area contributed by atoms with Crippen LogP contribution in [0.2, 0.25) is 0 Å². The van der Waals surface area contributed by atoms with Crippen molar-refractivity contribution in [1.82, 2.24) is 9.88 Å². The second kappa shape index (κ2) is 9.30. The van der Waals surface area contributed by atoms with Crippen LogP contribution in [0.15, 0.2) is 49.1 Å². The number of amides is 1. The van der Waals surface area contributed by atoms with Crippen molar-refractivity contribution in [3.63, 3.8) is 0 Å². The number of rotatable bonds is 4. The quantitative estimate of drug-likeness (QED) is 0.543. The van der Waals surface area contributed by atoms with E-state index in [1.54, 1.807) is 12.0 Å². The van der Waals surface area contributed by atoms with E-state index in [9.17, 15) is 10.1 Å². The van der Waals surface area contributed by atoms with Crippen LogP contribution in [0.4, 0.5) is 11.4 Å². The Labute approximate surface area is 205 Å². The molecule has 0 spiro atoms. The minimum atomic E-state index is -0.0551. The molecular weight excluding hydrogens is 438 g/mol. The van der Waals surface area contributed by atoms with Crippen molar-refractivity contribution in [1.29, 1.82) is 5.26 Å². The van der Waals surface area contributed by atoms with Gasteiger partial charge in [0.25, 0.3) is 0 Å². The van der Waals surface area contributed by atoms with E-state index in [-0.39, 0.29) is 5.91 Å². The molecule has 7 nitrogen and oxygen atoms in total. The second-order valence-corrected chi connectivity index (χ2v) is 9.02. The number of hydrogen-bond acceptors (Lipinski definition) is 6. The zero-order chi connectivity index (χ0) is 24.5. The smallest absolute Gasteiger partial charge is 0.246 e. The predicted molar refractivity (Wildman–Crippen MR) is 138 cm³/mol. The predicted octanol–water partition coefficient (Wildman–Crippen LogP) is 3.82. The minimum Gasteiger partial charge on any atom is -0.480 e. The Kier molecular flexibility index (Phi) is 6.04. The van der Waals surface area contributed by atoms with Gasteiger partial charge in [0, 0.05) is 49.4 Å². The Hall–Kier alpha value is -4.05. The lowest BCUT2D eigenvalue weighted by molar-refractivity contribution is -0.126. The van der Waals surface area contributed by atoms with Gasteiger partial charge in [-0.3, -0.25) is 4.79 Å². The van der Waals surface area contributed by atoms with Crippen LogP contribution in [-0.2, 0) is 17.8 Å². The molecular formula is C28H29N5O2. The number of carbonyl (C=O) groups is 1. The second-order valence-electron chi connectivity index (χ2n) is 9.02. The van der Waals surface area contributed by atoms with Crippen molar-refractivity contribution in [3.8, 4) is 11.9 Å². The molecule has 5 rings (SSSR count). The molecule has 7 heteroatoms. The standard InChI is InChI=1S/C28H29N5O2/c1-4-25(34)31-13-15-32(16-14-31)27-21-11-12-33(18-23(21)30-28(35-3)22(27)17-29)24-10-6-9-20-8-5-7-19(2)26(20)24/h4-10H,1,11-16,18H2,2-3H3. The highest BCUT2D eigenvalue weighted by Gasteiger charge is 2.31. The van der Waals surface area contributed by atoms with Crippen LogP contribution >= 0.6 is 0 Å². The largest absolute Gasteiger partial charge is 0.480 e. The Bertz CT molecular complexity index is 1350. The minimum absolute atomic E-state index is 0.0551. The Balaban J connectivity index is 1.53. The summed E-state index contributed by atoms with van der Waals surface area (Å²) in [4.78, 5) is 23.2. The molecule has 1 amide bonds. The van der Waals surface area contributed by atoms with Crippen LogP contribution in [0.25, 0.3) is 10.8 Å². The molecule has 0 unspecified atom stereocenters. The molecule has 35 heavy (non-hydrogen) atoms. The Morgan fingerprint density at radius 2 is 1.86 bits per heavy atom. The molecule has 0 N–H and O–H groups in total. The summed E-state index contributed by atoms with van der Waals surface area (Å²) in [7, 11) is 1.56. The molecule has 0 saturated carbocycles. The molecule has 0 radical (unpaired) electrons. The van der Waals surface area contributed by atoms with E-state index in [1.165, 1.54) is 28.1 Å². The molecule has 0 bridgehead atoms. The van der Waals surface area contributed by atoms with Gasteiger partial charge in [0.05, 0.1) is 25.0 Å². The van der Waals surface area contributed by atoms with Gasteiger partial charge >= 0.3 is 0 Å². The monoisotopic (exact) mass is 467 g/mol. The van der Waals surface area contributed by atoms with Crippen molar-refractivity contribution in [2.45, 2.75) is 19.9 Å². The molecule has 2 aliphatic heterocycles. The number of hydrogen-bond donors (Lipinski definition) is 0. The highest BCUT2D eigenvalue weighted by Crippen LogP contribution is 2.39. The van der Waals surface area contributed by atoms with E-state index in [0.717, 1.165) is 29.9 Å². The van der Waals surface area contributed by atoms with E-state index in [0.29, 0.717) is 44.2 Å². The van der Waals surface area contributed by atoms with E-state index in [4.69, 9.17) is 9.72 Å². The summed E-state index contributed by atoms with van der Waals surface area (Å²) < 4.78 is 5.58. The van der Waals surface area contributed by atoms with Crippen LogP contribution in [0.3, 0.4) is 0 Å². The molecule has 1 fully saturated rings. The Morgan fingerprint density at radius 1 is 1.11 bits per heavy atom. The summed E-state index contributed by atoms with van der Waals surface area (Å²) >= 11 is 0. The number of piperazine rings is 1. The topological polar surface area (TPSA) is 72.7 Å². The van der Waals surface area contributed by atoms with E-state index in [1.807, 2.05) is 0 Å². The number of pyridine rings is 1. The summed E-state index contributed by atoms with van der Waals surface area (Å²) in [5.74, 6) is 0.308. The maximum Gasteiger partial charge on any atom is 0.246 e. The number of aromatic nitrogens is 1. The summed E-state index contributed by atoms with van der Waals surface area (Å²) in [5, 5.41) is 12.5. The fourth-order valence-electron chi connectivity index (χ4n) is 5.39. The van der Waals surface area contributed by atoms with Crippen LogP contribution in [-0.4, -0.2) is 55.6 Å². The fraction of sp³-hybridized carbons (Fsp3) is 0.321. The summed E-state index contributed by atoms with van der Waals surface area (Å²) in [6.07, 6.45) is 2.14. The first-order valence-corrected chi connectivity index (χ1v) is 11.9. The van der Waals surface area contributed by atoms with Crippen LogP contribution in [0, 0.1) is 18.3 Å². The van der Waals surface area contributed by atoms with Gasteiger partial charge in [0.1, 0.15) is 11.6 Å². The summed E-state index contributed by atoms with van der Waals surface area (Å²) in [6, 6.07) is 15.2. The number of benzene rings is 2. The molecule has 3 aromatic rings. The molecule has 0 aliphatic carbocycles. The first kappa shape index (κ1) is 22.7. The SMILES string of the molecule is C=CC(=O)N1CCN(c2c(C#N)c(OC)nc3c2CCN(c2cccc4cccc(C)c24)C3)CC1. The molecule has 2 aromatic carbocycles. The van der Waals surface area contributed by atoms with Crippen LogP contribution in [0.5, 0.6) is 5.88 Å². The fourth-order valence-corrected chi connectivity index (χ4v) is 5.39. The van der Waals surface area contributed by atoms with Crippen molar-refractivity contribution < 1.29 is 9.53 Å². The summed E-state index contributed by atoms with van der Waals surface area (Å²) in [5.41, 5.74) is 5.89. The number of nitriles is 1. The average Bonchev–Trinajstić information content (AvgIpc) is 2.91. The normalized spacial score (nSPS) is 15.5. The molecule has 178 valence electrons. The first-order valence-electron chi connectivity index (χ1n) is 11.9. The number of nitrogens with zero attached hydrogens (tertiary/aromatic N) is 5. The first-order chi connectivity index (χ1) is 17.0. The summed E-state index contributed by atoms with van der Waals surface area (Å²) in [6.45, 7) is 9.73. The van der Waals surface area contributed by atoms with Crippen LogP contribution < -0.4 is 14.5 Å². The third-order valence-corrected chi connectivity index (χ3v) is 7.11. The van der Waals surface area contributed by atoms with Crippen molar-refractivity contribution in [3.05, 3.63) is 71.4 Å². The average molecular weight is 468 g/mol. The molecule has 3 heterocycles. The zero-order valence-electron chi connectivity index (χ0n) is 20.3. The zero-order valence-corrected chi connectivity index (χ0v) is 20.3. The van der Waals surface area contributed by atoms with E-state index < -0.39 is 0 Å². The molecule has 1 saturated heterocycles.